The van der Waals surface area contributed by atoms with E-state index >= 15 is 0 Å². The van der Waals surface area contributed by atoms with Gasteiger partial charge in [-0.3, -0.25) is 4.72 Å². The number of hydrogen-bond donors (Lipinski definition) is 2. The molecule has 0 aromatic heterocycles. The molecule has 0 bridgehead atoms. The van der Waals surface area contributed by atoms with Gasteiger partial charge in [-0.1, -0.05) is 19.9 Å². The third-order valence-electron chi connectivity index (χ3n) is 2.93. The van der Waals surface area contributed by atoms with Gasteiger partial charge in [0.1, 0.15) is 11.5 Å². The summed E-state index contributed by atoms with van der Waals surface area (Å²) in [7, 11) is -3.75. The predicted molar refractivity (Wildman–Crippen MR) is 80.9 cm³/mol. The Labute approximate surface area is 125 Å². The molecule has 0 spiro atoms. The molecule has 0 heterocycles. The van der Waals surface area contributed by atoms with Gasteiger partial charge in [-0.25, -0.2) is 17.2 Å². The molecule has 7 heteroatoms. The third-order valence-corrected chi connectivity index (χ3v) is 4.28. The van der Waals surface area contributed by atoms with Crippen LogP contribution in [0.2, 0.25) is 0 Å². The van der Waals surface area contributed by atoms with Crippen molar-refractivity contribution >= 4 is 15.7 Å². The molecule has 1 aromatic carbocycles. The van der Waals surface area contributed by atoms with Gasteiger partial charge in [0.25, 0.3) is 0 Å². The van der Waals surface area contributed by atoms with Crippen molar-refractivity contribution in [2.24, 2.45) is 0 Å². The van der Waals surface area contributed by atoms with E-state index in [1.807, 2.05) is 18.6 Å². The van der Waals surface area contributed by atoms with Gasteiger partial charge in [-0.05, 0) is 37.9 Å². The van der Waals surface area contributed by atoms with E-state index < -0.39 is 27.3 Å². The molecule has 21 heavy (non-hydrogen) atoms. The Balaban J connectivity index is 2.59. The fourth-order valence-electron chi connectivity index (χ4n) is 1.76. The summed E-state index contributed by atoms with van der Waals surface area (Å²) in [5.41, 5.74) is -0.412. The van der Waals surface area contributed by atoms with E-state index in [-0.39, 0.29) is 11.3 Å². The van der Waals surface area contributed by atoms with Crippen LogP contribution in [0.3, 0.4) is 0 Å². The second-order valence-electron chi connectivity index (χ2n) is 5.29. The summed E-state index contributed by atoms with van der Waals surface area (Å²) >= 11 is 0. The zero-order chi connectivity index (χ0) is 16.0. The third kappa shape index (κ3) is 5.97. The maximum Gasteiger partial charge on any atom is 0.232 e. The predicted octanol–water partition coefficient (Wildman–Crippen LogP) is 2.79. The fraction of sp³-hybridized carbons (Fsp3) is 0.571. The molecule has 0 fully saturated rings. The molecule has 0 atom stereocenters. The van der Waals surface area contributed by atoms with Crippen molar-refractivity contribution in [2.75, 3.05) is 17.0 Å². The minimum atomic E-state index is -3.75. The summed E-state index contributed by atoms with van der Waals surface area (Å²) in [6, 6.07) is 2.65. The number of nitrogens with one attached hydrogen (secondary N) is 2. The van der Waals surface area contributed by atoms with Gasteiger partial charge in [0, 0.05) is 6.04 Å². The normalized spacial score (nSPS) is 11.9. The summed E-state index contributed by atoms with van der Waals surface area (Å²) < 4.78 is 53.0. The van der Waals surface area contributed by atoms with Crippen LogP contribution in [0.25, 0.3) is 0 Å². The molecule has 1 rings (SSSR count). The lowest BCUT2D eigenvalue weighted by Crippen LogP contribution is -2.24. The number of sulfonamides is 1. The lowest BCUT2D eigenvalue weighted by atomic mass is 10.2. The van der Waals surface area contributed by atoms with Crippen molar-refractivity contribution in [2.45, 2.75) is 39.7 Å². The molecule has 0 aliphatic rings. The molecule has 0 aliphatic heterocycles. The number of anilines is 1. The highest BCUT2D eigenvalue weighted by atomic mass is 32.2. The monoisotopic (exact) mass is 320 g/mol. The molecule has 0 unspecified atom stereocenters. The van der Waals surface area contributed by atoms with Gasteiger partial charge in [0.2, 0.25) is 10.0 Å². The number of benzene rings is 1. The zero-order valence-electron chi connectivity index (χ0n) is 12.5. The second kappa shape index (κ2) is 7.70. The van der Waals surface area contributed by atoms with E-state index in [1.165, 1.54) is 13.0 Å². The van der Waals surface area contributed by atoms with Gasteiger partial charge in [-0.2, -0.15) is 0 Å². The van der Waals surface area contributed by atoms with E-state index in [0.717, 1.165) is 6.07 Å². The van der Waals surface area contributed by atoms with Crippen molar-refractivity contribution in [3.63, 3.8) is 0 Å². The van der Waals surface area contributed by atoms with Crippen LogP contribution in [0, 0.1) is 18.6 Å². The number of unbranched alkanes of at least 4 members (excludes halogenated alkanes) is 1. The quantitative estimate of drug-likeness (QED) is 0.724. The van der Waals surface area contributed by atoms with E-state index in [9.17, 15) is 17.2 Å². The van der Waals surface area contributed by atoms with Crippen LogP contribution in [0.15, 0.2) is 12.1 Å². The molecule has 0 amide bonds. The first-order valence-corrected chi connectivity index (χ1v) is 8.56. The lowest BCUT2D eigenvalue weighted by molar-refractivity contribution is 0.559. The Hall–Kier alpha value is -1.21. The first-order valence-electron chi connectivity index (χ1n) is 6.91. The Bertz CT molecular complexity index is 575. The van der Waals surface area contributed by atoms with Gasteiger partial charge in [0.05, 0.1) is 5.75 Å². The number of halogens is 2. The van der Waals surface area contributed by atoms with E-state index in [4.69, 9.17) is 0 Å². The van der Waals surface area contributed by atoms with Crippen LogP contribution in [0.1, 0.15) is 32.3 Å². The first-order chi connectivity index (χ1) is 9.73. The maximum atomic E-state index is 13.7. The standard InChI is InChI=1S/C14H22F2N2O2S/c1-10(2)17-8-4-5-9-21(19,20)18-14-12(15)7-6-11(3)13(14)16/h6-7,10,17-18H,4-5,8-9H2,1-3H3. The molecular formula is C14H22F2N2O2S. The topological polar surface area (TPSA) is 58.2 Å². The van der Waals surface area contributed by atoms with Gasteiger partial charge in [-0.15, -0.1) is 0 Å². The Morgan fingerprint density at radius 3 is 2.48 bits per heavy atom. The van der Waals surface area contributed by atoms with E-state index in [2.05, 4.69) is 5.32 Å². The highest BCUT2D eigenvalue weighted by Gasteiger charge is 2.18. The molecule has 1 aromatic rings. The zero-order valence-corrected chi connectivity index (χ0v) is 13.4. The minimum Gasteiger partial charge on any atom is -0.315 e. The second-order valence-corrected chi connectivity index (χ2v) is 7.13. The fourth-order valence-corrected chi connectivity index (χ4v) is 2.95. The summed E-state index contributed by atoms with van der Waals surface area (Å²) in [5, 5.41) is 3.17. The Morgan fingerprint density at radius 2 is 1.86 bits per heavy atom. The van der Waals surface area contributed by atoms with Crippen LogP contribution in [0.4, 0.5) is 14.5 Å². The van der Waals surface area contributed by atoms with Gasteiger partial charge >= 0.3 is 0 Å². The molecule has 4 nitrogen and oxygen atoms in total. The summed E-state index contributed by atoms with van der Waals surface area (Å²) in [4.78, 5) is 0. The van der Waals surface area contributed by atoms with Crippen LogP contribution < -0.4 is 10.0 Å². The SMILES string of the molecule is Cc1ccc(F)c(NS(=O)(=O)CCCCNC(C)C)c1F. The minimum absolute atomic E-state index is 0.167. The average molecular weight is 320 g/mol. The molecule has 120 valence electrons. The van der Waals surface area contributed by atoms with Crippen molar-refractivity contribution in [3.8, 4) is 0 Å². The Morgan fingerprint density at radius 1 is 1.19 bits per heavy atom. The molecule has 0 aliphatic carbocycles. The number of rotatable bonds is 8. The average Bonchev–Trinajstić information content (AvgIpc) is 2.38. The van der Waals surface area contributed by atoms with Crippen LogP contribution in [-0.4, -0.2) is 26.8 Å². The van der Waals surface area contributed by atoms with Crippen LogP contribution in [-0.2, 0) is 10.0 Å². The van der Waals surface area contributed by atoms with Crippen LogP contribution in [0.5, 0.6) is 0 Å². The maximum absolute atomic E-state index is 13.7. The largest absolute Gasteiger partial charge is 0.315 e. The molecule has 2 N–H and O–H groups in total. The molecule has 0 saturated carbocycles. The summed E-state index contributed by atoms with van der Waals surface area (Å²) in [6.45, 7) is 6.16. The van der Waals surface area contributed by atoms with Gasteiger partial charge in [0.15, 0.2) is 5.82 Å². The van der Waals surface area contributed by atoms with Crippen molar-refractivity contribution in [1.29, 1.82) is 0 Å². The highest BCUT2D eigenvalue weighted by molar-refractivity contribution is 7.92. The number of aryl methyl sites for hydroxylation is 1. The molecule has 0 saturated heterocycles. The smallest absolute Gasteiger partial charge is 0.232 e. The van der Waals surface area contributed by atoms with Gasteiger partial charge < -0.3 is 5.32 Å². The van der Waals surface area contributed by atoms with Crippen molar-refractivity contribution in [3.05, 3.63) is 29.3 Å². The Kier molecular flexibility index (Phi) is 6.54. The number of hydrogen-bond acceptors (Lipinski definition) is 3. The summed E-state index contributed by atoms with van der Waals surface area (Å²) in [5.74, 6) is -1.96. The molecular weight excluding hydrogens is 298 g/mol. The van der Waals surface area contributed by atoms with Crippen molar-refractivity contribution in [1.82, 2.24) is 5.32 Å². The van der Waals surface area contributed by atoms with E-state index in [0.29, 0.717) is 25.4 Å². The van der Waals surface area contributed by atoms with Crippen LogP contribution >= 0.6 is 0 Å². The summed E-state index contributed by atoms with van der Waals surface area (Å²) in [6.07, 6.45) is 1.10. The van der Waals surface area contributed by atoms with E-state index in [1.54, 1.807) is 0 Å². The lowest BCUT2D eigenvalue weighted by Gasteiger charge is -2.11. The molecule has 0 radical (unpaired) electrons. The first kappa shape index (κ1) is 17.8. The van der Waals surface area contributed by atoms with Crippen molar-refractivity contribution < 1.29 is 17.2 Å². The highest BCUT2D eigenvalue weighted by Crippen LogP contribution is 2.22.